The number of unbranched alkanes of at least 4 members (excludes halogenated alkanes) is 3. The fourth-order valence-corrected chi connectivity index (χ4v) is 4.72. The maximum Gasteiger partial charge on any atom is 0.217 e. The molecule has 1 aliphatic rings. The third-order valence-electron chi connectivity index (χ3n) is 6.30. The first-order valence-electron chi connectivity index (χ1n) is 10.3. The standard InChI is InChI=1S/C22H36N2O3/c1-4-22(5-2)18-15-17(25)12-11-16(18)14-19(27-3)21(22)24-13-9-7-6-8-10-20(23)26/h11-12,15,19,21,24-25H,4-10,13-14H2,1-3H3,(H2,23,26)/t19-,21+/m0/s1. The van der Waals surface area contributed by atoms with Crippen LogP contribution in [0.5, 0.6) is 5.75 Å². The van der Waals surface area contributed by atoms with Crippen molar-refractivity contribution in [3.05, 3.63) is 29.3 Å². The van der Waals surface area contributed by atoms with Gasteiger partial charge in [-0.2, -0.15) is 0 Å². The van der Waals surface area contributed by atoms with E-state index in [1.807, 2.05) is 12.1 Å². The highest BCUT2D eigenvalue weighted by molar-refractivity contribution is 5.73. The number of benzene rings is 1. The Morgan fingerprint density at radius 2 is 1.96 bits per heavy atom. The molecule has 0 saturated carbocycles. The summed E-state index contributed by atoms with van der Waals surface area (Å²) in [6, 6.07) is 6.00. The second-order valence-electron chi connectivity index (χ2n) is 7.75. The predicted molar refractivity (Wildman–Crippen MR) is 109 cm³/mol. The normalized spacial score (nSPS) is 21.0. The average Bonchev–Trinajstić information content (AvgIpc) is 2.66. The average molecular weight is 377 g/mol. The molecule has 0 bridgehead atoms. The molecule has 0 saturated heterocycles. The Morgan fingerprint density at radius 1 is 1.26 bits per heavy atom. The van der Waals surface area contributed by atoms with Gasteiger partial charge >= 0.3 is 0 Å². The molecule has 0 spiro atoms. The summed E-state index contributed by atoms with van der Waals surface area (Å²) in [5.41, 5.74) is 7.69. The molecule has 5 heteroatoms. The second kappa shape index (κ2) is 10.1. The van der Waals surface area contributed by atoms with Crippen LogP contribution in [0.1, 0.15) is 69.9 Å². The Balaban J connectivity index is 2.07. The van der Waals surface area contributed by atoms with Crippen LogP contribution in [-0.2, 0) is 21.4 Å². The Hall–Kier alpha value is -1.59. The fourth-order valence-electron chi connectivity index (χ4n) is 4.72. The van der Waals surface area contributed by atoms with E-state index in [4.69, 9.17) is 10.5 Å². The molecule has 0 radical (unpaired) electrons. The van der Waals surface area contributed by atoms with Gasteiger partial charge in [0.1, 0.15) is 5.75 Å². The van der Waals surface area contributed by atoms with Crippen LogP contribution in [0.4, 0.5) is 0 Å². The summed E-state index contributed by atoms with van der Waals surface area (Å²) in [5, 5.41) is 13.8. The van der Waals surface area contributed by atoms with E-state index in [2.05, 4.69) is 19.2 Å². The van der Waals surface area contributed by atoms with Gasteiger partial charge in [-0.3, -0.25) is 4.79 Å². The Kier molecular flexibility index (Phi) is 8.11. The summed E-state index contributed by atoms with van der Waals surface area (Å²) in [6.07, 6.45) is 7.53. The number of nitrogens with one attached hydrogen (secondary N) is 1. The minimum absolute atomic E-state index is 0.0427. The third kappa shape index (κ3) is 5.02. The molecular formula is C22H36N2O3. The van der Waals surface area contributed by atoms with Crippen molar-refractivity contribution in [1.29, 1.82) is 0 Å². The van der Waals surface area contributed by atoms with Crippen LogP contribution < -0.4 is 11.1 Å². The number of hydrogen-bond acceptors (Lipinski definition) is 4. The molecule has 1 aliphatic carbocycles. The van der Waals surface area contributed by atoms with Gasteiger partial charge in [0.05, 0.1) is 6.10 Å². The number of phenolic OH excluding ortho intramolecular Hbond substituents is 1. The zero-order valence-corrected chi connectivity index (χ0v) is 17.1. The summed E-state index contributed by atoms with van der Waals surface area (Å²) >= 11 is 0. The minimum Gasteiger partial charge on any atom is -0.508 e. The highest BCUT2D eigenvalue weighted by Gasteiger charge is 2.46. The number of carbonyl (C=O) groups excluding carboxylic acids is 1. The number of ether oxygens (including phenoxy) is 1. The van der Waals surface area contributed by atoms with E-state index in [9.17, 15) is 9.90 Å². The van der Waals surface area contributed by atoms with Crippen LogP contribution in [0.3, 0.4) is 0 Å². The monoisotopic (exact) mass is 376 g/mol. The van der Waals surface area contributed by atoms with E-state index in [-0.39, 0.29) is 23.5 Å². The zero-order chi connectivity index (χ0) is 19.9. The topological polar surface area (TPSA) is 84.6 Å². The van der Waals surface area contributed by atoms with Crippen LogP contribution in [0.15, 0.2) is 18.2 Å². The number of amides is 1. The lowest BCUT2D eigenvalue weighted by Gasteiger charge is -2.49. The van der Waals surface area contributed by atoms with E-state index >= 15 is 0 Å². The van der Waals surface area contributed by atoms with Gasteiger partial charge in [-0.15, -0.1) is 0 Å². The van der Waals surface area contributed by atoms with Crippen molar-refractivity contribution in [3.63, 3.8) is 0 Å². The molecule has 0 aliphatic heterocycles. The molecule has 27 heavy (non-hydrogen) atoms. The van der Waals surface area contributed by atoms with Gasteiger partial charge in [-0.1, -0.05) is 32.8 Å². The van der Waals surface area contributed by atoms with E-state index in [0.717, 1.165) is 51.5 Å². The van der Waals surface area contributed by atoms with Gasteiger partial charge in [0, 0.05) is 31.4 Å². The number of rotatable bonds is 11. The highest BCUT2D eigenvalue weighted by Crippen LogP contribution is 2.44. The molecule has 1 amide bonds. The maximum atomic E-state index is 10.8. The zero-order valence-electron chi connectivity index (χ0n) is 17.1. The van der Waals surface area contributed by atoms with Crippen molar-refractivity contribution in [2.75, 3.05) is 13.7 Å². The third-order valence-corrected chi connectivity index (χ3v) is 6.30. The Labute approximate surface area is 163 Å². The number of fused-ring (bicyclic) bond motifs is 1. The number of nitrogens with two attached hydrogens (primary N) is 1. The summed E-state index contributed by atoms with van der Waals surface area (Å²) in [6.45, 7) is 5.39. The lowest BCUT2D eigenvalue weighted by Crippen LogP contribution is -2.59. The van der Waals surface area contributed by atoms with E-state index in [1.54, 1.807) is 13.2 Å². The number of primary amides is 1. The summed E-state index contributed by atoms with van der Waals surface area (Å²) in [7, 11) is 1.80. The molecule has 0 unspecified atom stereocenters. The van der Waals surface area contributed by atoms with Gasteiger partial charge in [0.25, 0.3) is 0 Å². The SMILES string of the molecule is CCC1(CC)c2cc(O)ccc2C[C@H](OC)[C@H]1NCCCCCCC(N)=O. The summed E-state index contributed by atoms with van der Waals surface area (Å²) in [4.78, 5) is 10.8. The molecule has 0 aromatic heterocycles. The van der Waals surface area contributed by atoms with Crippen molar-refractivity contribution in [2.24, 2.45) is 5.73 Å². The first-order valence-corrected chi connectivity index (χ1v) is 10.3. The molecular weight excluding hydrogens is 340 g/mol. The van der Waals surface area contributed by atoms with Crippen molar-refractivity contribution in [1.82, 2.24) is 5.32 Å². The van der Waals surface area contributed by atoms with Crippen LogP contribution >= 0.6 is 0 Å². The lowest BCUT2D eigenvalue weighted by molar-refractivity contribution is -0.118. The van der Waals surface area contributed by atoms with Crippen molar-refractivity contribution in [2.45, 2.75) is 82.8 Å². The quantitative estimate of drug-likeness (QED) is 0.517. The lowest BCUT2D eigenvalue weighted by atomic mass is 9.62. The fraction of sp³-hybridized carbons (Fsp3) is 0.682. The molecule has 1 aromatic carbocycles. The number of phenols is 1. The molecule has 0 heterocycles. The van der Waals surface area contributed by atoms with Crippen molar-refractivity contribution < 1.29 is 14.6 Å². The molecule has 2 rings (SSSR count). The van der Waals surface area contributed by atoms with E-state index in [0.29, 0.717) is 12.2 Å². The van der Waals surface area contributed by atoms with E-state index in [1.165, 1.54) is 11.1 Å². The van der Waals surface area contributed by atoms with Crippen molar-refractivity contribution in [3.8, 4) is 5.75 Å². The van der Waals surface area contributed by atoms with Crippen LogP contribution in [0, 0.1) is 0 Å². The van der Waals surface area contributed by atoms with Gasteiger partial charge in [0.2, 0.25) is 5.91 Å². The Bertz CT molecular complexity index is 614. The number of methoxy groups -OCH3 is 1. The van der Waals surface area contributed by atoms with Crippen LogP contribution in [0.25, 0.3) is 0 Å². The van der Waals surface area contributed by atoms with Gasteiger partial charge in [-0.25, -0.2) is 0 Å². The second-order valence-corrected chi connectivity index (χ2v) is 7.75. The van der Waals surface area contributed by atoms with Gasteiger partial charge in [0.15, 0.2) is 0 Å². The van der Waals surface area contributed by atoms with E-state index < -0.39 is 0 Å². The molecule has 152 valence electrons. The first-order chi connectivity index (χ1) is 13.0. The number of aromatic hydroxyl groups is 1. The van der Waals surface area contributed by atoms with Crippen molar-refractivity contribution >= 4 is 5.91 Å². The summed E-state index contributed by atoms with van der Waals surface area (Å²) in [5.74, 6) is 0.125. The largest absolute Gasteiger partial charge is 0.508 e. The van der Waals surface area contributed by atoms with Crippen LogP contribution in [-0.4, -0.2) is 36.8 Å². The predicted octanol–water partition coefficient (Wildman–Crippen LogP) is 3.42. The molecule has 0 fully saturated rings. The minimum atomic E-state index is -0.212. The molecule has 4 N–H and O–H groups in total. The first kappa shape index (κ1) is 21.7. The van der Waals surface area contributed by atoms with Crippen LogP contribution in [0.2, 0.25) is 0 Å². The molecule has 1 aromatic rings. The van der Waals surface area contributed by atoms with Gasteiger partial charge < -0.3 is 20.9 Å². The highest BCUT2D eigenvalue weighted by atomic mass is 16.5. The maximum absolute atomic E-state index is 10.8. The smallest absolute Gasteiger partial charge is 0.217 e. The summed E-state index contributed by atoms with van der Waals surface area (Å²) < 4.78 is 5.90. The number of carbonyl (C=O) groups is 1. The molecule has 5 nitrogen and oxygen atoms in total. The molecule has 2 atom stereocenters. The Morgan fingerprint density at radius 3 is 2.59 bits per heavy atom. The number of hydrogen-bond donors (Lipinski definition) is 3. The van der Waals surface area contributed by atoms with Gasteiger partial charge in [-0.05, 0) is 55.5 Å².